The lowest BCUT2D eigenvalue weighted by molar-refractivity contribution is 0.227. The molecule has 1 N–H and O–H groups in total. The number of aliphatic hydroxyl groups is 1. The van der Waals surface area contributed by atoms with E-state index in [1.807, 2.05) is 0 Å². The molecule has 0 rings (SSSR count). The molecule has 0 aliphatic carbocycles. The smallest absolute Gasteiger partial charge is 0.0456 e. The van der Waals surface area contributed by atoms with Crippen LogP contribution in [0.2, 0.25) is 0 Å². The summed E-state index contributed by atoms with van der Waals surface area (Å²) < 4.78 is 0. The van der Waals surface area contributed by atoms with Crippen molar-refractivity contribution in [3.63, 3.8) is 0 Å². The molecule has 1 unspecified atom stereocenters. The Kier molecular flexibility index (Phi) is 17.6. The van der Waals surface area contributed by atoms with Gasteiger partial charge in [-0.3, -0.25) is 0 Å². The zero-order chi connectivity index (χ0) is 16.3. The molecule has 128 valence electrons. The van der Waals surface area contributed by atoms with Crippen LogP contribution in [-0.4, -0.2) is 11.7 Å². The van der Waals surface area contributed by atoms with Crippen LogP contribution < -0.4 is 0 Å². The molecule has 0 saturated carbocycles. The fraction of sp³-hybridized carbons (Fsp3) is 0.714. The van der Waals surface area contributed by atoms with Crippen LogP contribution >= 0.6 is 0 Å². The second-order valence-corrected chi connectivity index (χ2v) is 6.28. The summed E-state index contributed by atoms with van der Waals surface area (Å²) in [6.07, 6.45) is 27.3. The lowest BCUT2D eigenvalue weighted by Crippen LogP contribution is -1.99. The van der Waals surface area contributed by atoms with Gasteiger partial charge in [-0.15, -0.1) is 0 Å². The molecule has 22 heavy (non-hydrogen) atoms. The second kappa shape index (κ2) is 18.2. The first-order valence-electron chi connectivity index (χ1n) is 9.37. The first kappa shape index (κ1) is 21.2. The summed E-state index contributed by atoms with van der Waals surface area (Å²) in [5.41, 5.74) is 0. The molecule has 0 heterocycles. The number of rotatable bonds is 15. The van der Waals surface area contributed by atoms with E-state index in [1.54, 1.807) is 0 Å². The topological polar surface area (TPSA) is 20.2 Å². The Balaban J connectivity index is 3.22. The van der Waals surface area contributed by atoms with E-state index in [-0.39, 0.29) is 0 Å². The van der Waals surface area contributed by atoms with Crippen LogP contribution in [-0.2, 0) is 0 Å². The predicted octanol–water partition coefficient (Wildman–Crippen LogP) is 6.59. The number of allylic oxidation sites excluding steroid dienone is 6. The first-order valence-corrected chi connectivity index (χ1v) is 9.37. The average Bonchev–Trinajstić information content (AvgIpc) is 2.54. The maximum atomic E-state index is 8.95. The molecule has 0 aliphatic rings. The highest BCUT2D eigenvalue weighted by atomic mass is 16.3. The van der Waals surface area contributed by atoms with Crippen LogP contribution in [0.5, 0.6) is 0 Å². The van der Waals surface area contributed by atoms with Gasteiger partial charge >= 0.3 is 0 Å². The quantitative estimate of drug-likeness (QED) is 0.267. The van der Waals surface area contributed by atoms with Crippen LogP contribution in [0.15, 0.2) is 36.5 Å². The normalized spacial score (nSPS) is 13.8. The third kappa shape index (κ3) is 17.2. The molecule has 0 fully saturated rings. The first-order chi connectivity index (χ1) is 10.8. The van der Waals surface area contributed by atoms with Crippen molar-refractivity contribution in [1.82, 2.24) is 0 Å². The Morgan fingerprint density at radius 3 is 1.91 bits per heavy atom. The molecule has 1 heteroatoms. The van der Waals surface area contributed by atoms with Crippen LogP contribution in [0, 0.1) is 5.92 Å². The molecular formula is C21H38O. The standard InChI is InChI=1S/C21H38O/c1-3-4-5-6-7-8-9-10-11-12-13-14-15-16-17-18-19-21(2)20-22/h4-5,7-8,10-11,21-22H,3,6,9,12-20H2,1-2H3. The Bertz CT molecular complexity index is 288. The van der Waals surface area contributed by atoms with Crippen molar-refractivity contribution in [1.29, 1.82) is 0 Å². The van der Waals surface area contributed by atoms with Crippen molar-refractivity contribution >= 4 is 0 Å². The van der Waals surface area contributed by atoms with Gasteiger partial charge in [0.15, 0.2) is 0 Å². The molecule has 0 saturated heterocycles. The molecule has 0 bridgehead atoms. The van der Waals surface area contributed by atoms with Gasteiger partial charge in [-0.2, -0.15) is 0 Å². The van der Waals surface area contributed by atoms with Gasteiger partial charge in [-0.05, 0) is 44.4 Å². The molecular weight excluding hydrogens is 268 g/mol. The summed E-state index contributed by atoms with van der Waals surface area (Å²) in [7, 11) is 0. The highest BCUT2D eigenvalue weighted by Gasteiger charge is 1.98. The molecule has 0 aliphatic heterocycles. The summed E-state index contributed by atoms with van der Waals surface area (Å²) in [5, 5.41) is 8.95. The SMILES string of the molecule is CCC=CCC=CCC=CCCCCCCCCC(C)CO. The second-order valence-electron chi connectivity index (χ2n) is 6.28. The van der Waals surface area contributed by atoms with Crippen LogP contribution in [0.4, 0.5) is 0 Å². The van der Waals surface area contributed by atoms with E-state index < -0.39 is 0 Å². The van der Waals surface area contributed by atoms with Crippen LogP contribution in [0.3, 0.4) is 0 Å². The Morgan fingerprint density at radius 1 is 0.727 bits per heavy atom. The Morgan fingerprint density at radius 2 is 1.27 bits per heavy atom. The van der Waals surface area contributed by atoms with Gasteiger partial charge in [0.2, 0.25) is 0 Å². The fourth-order valence-corrected chi connectivity index (χ4v) is 2.38. The summed E-state index contributed by atoms with van der Waals surface area (Å²) in [5.74, 6) is 0.488. The highest BCUT2D eigenvalue weighted by molar-refractivity contribution is 4.96. The molecule has 1 atom stereocenters. The van der Waals surface area contributed by atoms with E-state index in [2.05, 4.69) is 50.3 Å². The van der Waals surface area contributed by atoms with Crippen molar-refractivity contribution < 1.29 is 5.11 Å². The van der Waals surface area contributed by atoms with Crippen molar-refractivity contribution in [2.75, 3.05) is 6.61 Å². The van der Waals surface area contributed by atoms with Gasteiger partial charge in [0, 0.05) is 6.61 Å². The van der Waals surface area contributed by atoms with E-state index >= 15 is 0 Å². The van der Waals surface area contributed by atoms with Crippen molar-refractivity contribution in [3.05, 3.63) is 36.5 Å². The van der Waals surface area contributed by atoms with Crippen LogP contribution in [0.1, 0.15) is 84.5 Å². The highest BCUT2D eigenvalue weighted by Crippen LogP contribution is 2.12. The summed E-state index contributed by atoms with van der Waals surface area (Å²) in [4.78, 5) is 0. The van der Waals surface area contributed by atoms with E-state index in [0.717, 1.165) is 19.3 Å². The van der Waals surface area contributed by atoms with Gasteiger partial charge in [-0.25, -0.2) is 0 Å². The molecule has 0 radical (unpaired) electrons. The minimum absolute atomic E-state index is 0.344. The van der Waals surface area contributed by atoms with E-state index in [9.17, 15) is 0 Å². The van der Waals surface area contributed by atoms with E-state index in [1.165, 1.54) is 51.4 Å². The van der Waals surface area contributed by atoms with Gasteiger partial charge in [0.25, 0.3) is 0 Å². The third-order valence-corrected chi connectivity index (χ3v) is 3.91. The number of aliphatic hydroxyl groups excluding tert-OH is 1. The molecule has 0 aromatic rings. The summed E-state index contributed by atoms with van der Waals surface area (Å²) >= 11 is 0. The zero-order valence-corrected chi connectivity index (χ0v) is 15.0. The monoisotopic (exact) mass is 306 g/mol. The van der Waals surface area contributed by atoms with Crippen molar-refractivity contribution in [2.45, 2.75) is 84.5 Å². The minimum atomic E-state index is 0.344. The Labute approximate surface area is 139 Å². The number of hydrogen-bond acceptors (Lipinski definition) is 1. The number of unbranched alkanes of at least 4 members (excludes halogenated alkanes) is 6. The van der Waals surface area contributed by atoms with Gasteiger partial charge in [-0.1, -0.05) is 82.4 Å². The average molecular weight is 307 g/mol. The van der Waals surface area contributed by atoms with Gasteiger partial charge < -0.3 is 5.11 Å². The number of hydrogen-bond donors (Lipinski definition) is 1. The molecule has 0 spiro atoms. The summed E-state index contributed by atoms with van der Waals surface area (Å²) in [6.45, 7) is 4.64. The minimum Gasteiger partial charge on any atom is -0.396 e. The zero-order valence-electron chi connectivity index (χ0n) is 15.0. The fourth-order valence-electron chi connectivity index (χ4n) is 2.38. The lowest BCUT2D eigenvalue weighted by atomic mass is 10.0. The molecule has 1 nitrogen and oxygen atoms in total. The van der Waals surface area contributed by atoms with Crippen LogP contribution in [0.25, 0.3) is 0 Å². The largest absolute Gasteiger partial charge is 0.396 e. The molecule has 0 aromatic heterocycles. The maximum Gasteiger partial charge on any atom is 0.0456 e. The molecule has 0 aromatic carbocycles. The third-order valence-electron chi connectivity index (χ3n) is 3.91. The van der Waals surface area contributed by atoms with Gasteiger partial charge in [0.05, 0.1) is 0 Å². The molecule has 0 amide bonds. The van der Waals surface area contributed by atoms with Crippen molar-refractivity contribution in [3.8, 4) is 0 Å². The van der Waals surface area contributed by atoms with E-state index in [4.69, 9.17) is 5.11 Å². The van der Waals surface area contributed by atoms with Crippen molar-refractivity contribution in [2.24, 2.45) is 5.92 Å². The predicted molar refractivity (Wildman–Crippen MR) is 100 cm³/mol. The Hall–Kier alpha value is -0.820. The van der Waals surface area contributed by atoms with Gasteiger partial charge in [0.1, 0.15) is 0 Å². The maximum absolute atomic E-state index is 8.95. The lowest BCUT2D eigenvalue weighted by Gasteiger charge is -2.06. The van der Waals surface area contributed by atoms with E-state index in [0.29, 0.717) is 12.5 Å². The summed E-state index contributed by atoms with van der Waals surface area (Å²) in [6, 6.07) is 0.